The molecule has 1 saturated heterocycles. The molecule has 2 atom stereocenters. The molecule has 1 aliphatic heterocycles. The van der Waals surface area contributed by atoms with Gasteiger partial charge < -0.3 is 5.11 Å². The van der Waals surface area contributed by atoms with Gasteiger partial charge in [0.2, 0.25) is 0 Å². The van der Waals surface area contributed by atoms with E-state index in [4.69, 9.17) is 5.11 Å². The Morgan fingerprint density at radius 3 is 2.45 bits per heavy atom. The van der Waals surface area contributed by atoms with E-state index in [1.807, 2.05) is 20.9 Å². The van der Waals surface area contributed by atoms with E-state index in [0.717, 1.165) is 4.88 Å². The van der Waals surface area contributed by atoms with Crippen molar-refractivity contribution in [2.45, 2.75) is 36.6 Å². The molecular weight excluding hydrogens is 296 g/mol. The summed E-state index contributed by atoms with van der Waals surface area (Å²) >= 11 is 1.26. The first-order valence-electron chi connectivity index (χ1n) is 6.78. The average Bonchev–Trinajstić information content (AvgIpc) is 2.85. The van der Waals surface area contributed by atoms with Crippen LogP contribution in [-0.4, -0.2) is 61.6 Å². The summed E-state index contributed by atoms with van der Waals surface area (Å²) in [7, 11) is -1.37. The molecule has 1 N–H and O–H groups in total. The first-order chi connectivity index (χ1) is 9.36. The number of aliphatic hydroxyl groups is 1. The predicted molar refractivity (Wildman–Crippen MR) is 80.6 cm³/mol. The smallest absolute Gasteiger partial charge is 0.252 e. The molecule has 1 aromatic rings. The highest BCUT2D eigenvalue weighted by atomic mass is 32.2. The summed E-state index contributed by atoms with van der Waals surface area (Å²) in [4.78, 5) is 3.11. The summed E-state index contributed by atoms with van der Waals surface area (Å²) in [5.74, 6) is 0. The summed E-state index contributed by atoms with van der Waals surface area (Å²) in [6, 6.07) is 3.87. The van der Waals surface area contributed by atoms with Crippen molar-refractivity contribution in [2.24, 2.45) is 0 Å². The monoisotopic (exact) mass is 318 g/mol. The molecule has 2 rings (SSSR count). The van der Waals surface area contributed by atoms with Gasteiger partial charge in [0.25, 0.3) is 10.0 Å². The van der Waals surface area contributed by atoms with Crippen LogP contribution in [0.15, 0.2) is 16.3 Å². The molecule has 0 spiro atoms. The van der Waals surface area contributed by atoms with Gasteiger partial charge >= 0.3 is 0 Å². The Bertz CT molecular complexity index is 544. The summed E-state index contributed by atoms with van der Waals surface area (Å²) in [6.45, 7) is 5.18. The van der Waals surface area contributed by atoms with Gasteiger partial charge in [-0.15, -0.1) is 11.3 Å². The molecule has 0 aliphatic carbocycles. The minimum absolute atomic E-state index is 0.0442. The van der Waals surface area contributed by atoms with Crippen LogP contribution in [0.4, 0.5) is 0 Å². The standard InChI is InChI=1S/C13H22N2O3S2/c1-10-8-15(9-11(2)14(10)3)20(17,18)13-5-4-12(19-13)6-7-16/h4-5,10-11,16H,6-9H2,1-3H3. The third-order valence-electron chi connectivity index (χ3n) is 3.92. The van der Waals surface area contributed by atoms with Crippen molar-refractivity contribution in [3.63, 3.8) is 0 Å². The molecular formula is C13H22N2O3S2. The Morgan fingerprint density at radius 1 is 1.30 bits per heavy atom. The normalized spacial score (nSPS) is 26.0. The fraction of sp³-hybridized carbons (Fsp3) is 0.692. The number of sulfonamides is 1. The van der Waals surface area contributed by atoms with Crippen LogP contribution in [0.2, 0.25) is 0 Å². The summed E-state index contributed by atoms with van der Waals surface area (Å²) in [5, 5.41) is 8.92. The van der Waals surface area contributed by atoms with Crippen molar-refractivity contribution in [1.29, 1.82) is 0 Å². The van der Waals surface area contributed by atoms with Crippen molar-refractivity contribution in [3.8, 4) is 0 Å². The van der Waals surface area contributed by atoms with E-state index >= 15 is 0 Å². The van der Waals surface area contributed by atoms with Gasteiger partial charge in [-0.25, -0.2) is 8.42 Å². The molecule has 20 heavy (non-hydrogen) atoms. The highest BCUT2D eigenvalue weighted by molar-refractivity contribution is 7.91. The zero-order valence-corrected chi connectivity index (χ0v) is 13.7. The number of thiophene rings is 1. The number of hydrogen-bond donors (Lipinski definition) is 1. The Hall–Kier alpha value is -0.470. The molecule has 2 unspecified atom stereocenters. The summed E-state index contributed by atoms with van der Waals surface area (Å²) in [6.07, 6.45) is 0.510. The van der Waals surface area contributed by atoms with Crippen LogP contribution in [0, 0.1) is 0 Å². The van der Waals surface area contributed by atoms with Crippen LogP contribution < -0.4 is 0 Å². The lowest BCUT2D eigenvalue weighted by Crippen LogP contribution is -2.56. The molecule has 0 aromatic carbocycles. The molecule has 2 heterocycles. The maximum absolute atomic E-state index is 12.7. The van der Waals surface area contributed by atoms with Crippen LogP contribution in [-0.2, 0) is 16.4 Å². The van der Waals surface area contributed by atoms with Crippen LogP contribution in [0.25, 0.3) is 0 Å². The minimum atomic E-state index is -3.41. The lowest BCUT2D eigenvalue weighted by Gasteiger charge is -2.41. The van der Waals surface area contributed by atoms with Gasteiger partial charge in [-0.3, -0.25) is 4.90 Å². The lowest BCUT2D eigenvalue weighted by molar-refractivity contribution is 0.105. The van der Waals surface area contributed by atoms with E-state index in [9.17, 15) is 8.42 Å². The zero-order chi connectivity index (χ0) is 14.9. The number of rotatable bonds is 4. The molecule has 0 amide bonds. The van der Waals surface area contributed by atoms with E-state index in [0.29, 0.717) is 23.7 Å². The second-order valence-electron chi connectivity index (χ2n) is 5.38. The molecule has 0 radical (unpaired) electrons. The van der Waals surface area contributed by atoms with Crippen molar-refractivity contribution in [3.05, 3.63) is 17.0 Å². The van der Waals surface area contributed by atoms with Gasteiger partial charge in [0.1, 0.15) is 4.21 Å². The number of nitrogens with zero attached hydrogens (tertiary/aromatic N) is 2. The maximum atomic E-state index is 12.7. The van der Waals surface area contributed by atoms with E-state index in [2.05, 4.69) is 4.90 Å². The zero-order valence-electron chi connectivity index (χ0n) is 12.1. The van der Waals surface area contributed by atoms with E-state index in [-0.39, 0.29) is 18.7 Å². The maximum Gasteiger partial charge on any atom is 0.252 e. The van der Waals surface area contributed by atoms with Crippen molar-refractivity contribution < 1.29 is 13.5 Å². The third kappa shape index (κ3) is 3.07. The largest absolute Gasteiger partial charge is 0.396 e. The second kappa shape index (κ2) is 6.11. The van der Waals surface area contributed by atoms with Crippen molar-refractivity contribution >= 4 is 21.4 Å². The Labute approximate surface area is 124 Å². The number of piperazine rings is 1. The van der Waals surface area contributed by atoms with Crippen molar-refractivity contribution in [1.82, 2.24) is 9.21 Å². The predicted octanol–water partition coefficient (Wildman–Crippen LogP) is 0.996. The Balaban J connectivity index is 2.21. The van der Waals surface area contributed by atoms with Gasteiger partial charge in [0.15, 0.2) is 0 Å². The van der Waals surface area contributed by atoms with Crippen LogP contribution in [0.3, 0.4) is 0 Å². The highest BCUT2D eigenvalue weighted by Crippen LogP contribution is 2.27. The number of aliphatic hydroxyl groups excluding tert-OH is 1. The van der Waals surface area contributed by atoms with E-state index < -0.39 is 10.0 Å². The lowest BCUT2D eigenvalue weighted by atomic mass is 10.1. The van der Waals surface area contributed by atoms with Gasteiger partial charge in [0, 0.05) is 43.1 Å². The second-order valence-corrected chi connectivity index (χ2v) is 8.71. The first-order valence-corrected chi connectivity index (χ1v) is 9.03. The number of likely N-dealkylation sites (N-methyl/N-ethyl adjacent to an activating group) is 1. The van der Waals surface area contributed by atoms with Crippen molar-refractivity contribution in [2.75, 3.05) is 26.7 Å². The molecule has 1 fully saturated rings. The van der Waals surface area contributed by atoms with Gasteiger partial charge in [0.05, 0.1) is 0 Å². The quantitative estimate of drug-likeness (QED) is 0.899. The fourth-order valence-corrected chi connectivity index (χ4v) is 5.52. The molecule has 5 nitrogen and oxygen atoms in total. The molecule has 1 aliphatic rings. The summed E-state index contributed by atoms with van der Waals surface area (Å²) < 4.78 is 27.3. The molecule has 7 heteroatoms. The highest BCUT2D eigenvalue weighted by Gasteiger charge is 2.35. The Kier molecular flexibility index (Phi) is 4.86. The molecule has 1 aromatic heterocycles. The average molecular weight is 318 g/mol. The SMILES string of the molecule is CC1CN(S(=O)(=O)c2ccc(CCO)s2)CC(C)N1C. The van der Waals surface area contributed by atoms with Crippen LogP contribution in [0.5, 0.6) is 0 Å². The molecule has 0 saturated carbocycles. The van der Waals surface area contributed by atoms with E-state index in [1.54, 1.807) is 16.4 Å². The van der Waals surface area contributed by atoms with Crippen LogP contribution >= 0.6 is 11.3 Å². The first kappa shape index (κ1) is 15.9. The summed E-state index contributed by atoms with van der Waals surface area (Å²) in [5.41, 5.74) is 0. The minimum Gasteiger partial charge on any atom is -0.396 e. The van der Waals surface area contributed by atoms with Crippen LogP contribution in [0.1, 0.15) is 18.7 Å². The Morgan fingerprint density at radius 2 is 1.90 bits per heavy atom. The fourth-order valence-electron chi connectivity index (χ4n) is 2.42. The number of hydrogen-bond acceptors (Lipinski definition) is 5. The van der Waals surface area contributed by atoms with Gasteiger partial charge in [-0.1, -0.05) is 0 Å². The molecule has 0 bridgehead atoms. The van der Waals surface area contributed by atoms with Gasteiger partial charge in [-0.2, -0.15) is 4.31 Å². The molecule has 114 valence electrons. The third-order valence-corrected chi connectivity index (χ3v) is 7.36. The van der Waals surface area contributed by atoms with E-state index in [1.165, 1.54) is 11.3 Å². The topological polar surface area (TPSA) is 60.9 Å². The van der Waals surface area contributed by atoms with Gasteiger partial charge in [-0.05, 0) is 33.0 Å².